The smallest absolute Gasteiger partial charge is 0.317 e. The van der Waals surface area contributed by atoms with E-state index in [4.69, 9.17) is 0 Å². The van der Waals surface area contributed by atoms with Gasteiger partial charge in [0.2, 0.25) is 0 Å². The van der Waals surface area contributed by atoms with E-state index in [1.165, 1.54) is 12.8 Å². The van der Waals surface area contributed by atoms with Crippen molar-refractivity contribution >= 4 is 6.03 Å². The molecule has 2 aliphatic rings. The van der Waals surface area contributed by atoms with Crippen LogP contribution in [-0.2, 0) is 0 Å². The van der Waals surface area contributed by atoms with Crippen molar-refractivity contribution in [2.24, 2.45) is 0 Å². The summed E-state index contributed by atoms with van der Waals surface area (Å²) in [6.45, 7) is 4.76. The van der Waals surface area contributed by atoms with Crippen LogP contribution < -0.4 is 10.6 Å². The first-order valence-electron chi connectivity index (χ1n) is 6.09. The molecule has 2 rings (SSSR count). The summed E-state index contributed by atoms with van der Waals surface area (Å²) in [5.41, 5.74) is 0. The van der Waals surface area contributed by atoms with E-state index in [2.05, 4.69) is 10.6 Å². The lowest BCUT2D eigenvalue weighted by Crippen LogP contribution is -2.61. The van der Waals surface area contributed by atoms with E-state index in [1.54, 1.807) is 0 Å². The number of carbonyl (C=O) groups is 1. The highest BCUT2D eigenvalue weighted by Gasteiger charge is 2.28. The lowest BCUT2D eigenvalue weighted by atomic mass is 10.1. The number of nitrogens with one attached hydrogen (secondary N) is 2. The summed E-state index contributed by atoms with van der Waals surface area (Å²) < 4.78 is 0. The highest BCUT2D eigenvalue weighted by molar-refractivity contribution is 5.75. The molecule has 0 spiro atoms. The quantitative estimate of drug-likeness (QED) is 0.729. The van der Waals surface area contributed by atoms with Gasteiger partial charge in [-0.2, -0.15) is 0 Å². The normalized spacial score (nSPS) is 22.5. The van der Waals surface area contributed by atoms with Gasteiger partial charge in [-0.1, -0.05) is 12.8 Å². The van der Waals surface area contributed by atoms with E-state index in [0.29, 0.717) is 12.1 Å². The Labute approximate surface area is 91.4 Å². The van der Waals surface area contributed by atoms with E-state index in [1.807, 2.05) is 11.8 Å². The predicted octanol–water partition coefficient (Wildman–Crippen LogP) is 0.932. The standard InChI is InChI=1S/C11H21N3O/c1-2-14(10-7-12-8-10)11(15)13-9-5-3-4-6-9/h9-10,12H,2-8H2,1H3,(H,13,15). The Morgan fingerprint density at radius 1 is 1.40 bits per heavy atom. The lowest BCUT2D eigenvalue weighted by molar-refractivity contribution is 0.151. The Morgan fingerprint density at radius 3 is 2.53 bits per heavy atom. The molecular formula is C11H21N3O. The SMILES string of the molecule is CCN(C(=O)NC1CCCC1)C1CNC1. The molecule has 1 saturated carbocycles. The Bertz CT molecular complexity index is 222. The first-order valence-corrected chi connectivity index (χ1v) is 6.09. The predicted molar refractivity (Wildman–Crippen MR) is 59.8 cm³/mol. The molecule has 4 heteroatoms. The van der Waals surface area contributed by atoms with Crippen LogP contribution >= 0.6 is 0 Å². The minimum atomic E-state index is 0.135. The maximum atomic E-state index is 12.0. The van der Waals surface area contributed by atoms with E-state index in [-0.39, 0.29) is 6.03 Å². The van der Waals surface area contributed by atoms with Gasteiger partial charge in [-0.15, -0.1) is 0 Å². The Balaban J connectivity index is 1.81. The zero-order valence-electron chi connectivity index (χ0n) is 9.46. The molecule has 0 aromatic rings. The molecule has 1 aliphatic heterocycles. The summed E-state index contributed by atoms with van der Waals surface area (Å²) in [6.07, 6.45) is 4.85. The highest BCUT2D eigenvalue weighted by Crippen LogP contribution is 2.18. The van der Waals surface area contributed by atoms with Crippen LogP contribution in [0.5, 0.6) is 0 Å². The van der Waals surface area contributed by atoms with Gasteiger partial charge in [0, 0.05) is 25.7 Å². The van der Waals surface area contributed by atoms with Gasteiger partial charge in [0.25, 0.3) is 0 Å². The summed E-state index contributed by atoms with van der Waals surface area (Å²) in [7, 11) is 0. The molecule has 4 nitrogen and oxygen atoms in total. The molecule has 86 valence electrons. The minimum absolute atomic E-state index is 0.135. The van der Waals surface area contributed by atoms with Crippen molar-refractivity contribution in [2.75, 3.05) is 19.6 Å². The lowest BCUT2D eigenvalue weighted by Gasteiger charge is -2.38. The fourth-order valence-corrected chi connectivity index (χ4v) is 2.39. The second-order valence-electron chi connectivity index (χ2n) is 4.53. The average molecular weight is 211 g/mol. The molecule has 0 atom stereocenters. The Kier molecular flexibility index (Phi) is 3.46. The molecule has 1 aliphatic carbocycles. The maximum Gasteiger partial charge on any atom is 0.317 e. The zero-order valence-corrected chi connectivity index (χ0v) is 9.46. The minimum Gasteiger partial charge on any atom is -0.335 e. The number of rotatable bonds is 3. The molecule has 0 aromatic heterocycles. The third-order valence-corrected chi connectivity index (χ3v) is 3.49. The third kappa shape index (κ3) is 2.43. The zero-order chi connectivity index (χ0) is 10.7. The summed E-state index contributed by atoms with van der Waals surface area (Å²) in [4.78, 5) is 13.9. The van der Waals surface area contributed by atoms with Crippen LogP contribution in [0.3, 0.4) is 0 Å². The van der Waals surface area contributed by atoms with Gasteiger partial charge >= 0.3 is 6.03 Å². The molecule has 0 radical (unpaired) electrons. The van der Waals surface area contributed by atoms with E-state index >= 15 is 0 Å². The molecule has 0 unspecified atom stereocenters. The number of nitrogens with zero attached hydrogens (tertiary/aromatic N) is 1. The van der Waals surface area contributed by atoms with Crippen molar-refractivity contribution in [1.82, 2.24) is 15.5 Å². The molecular weight excluding hydrogens is 190 g/mol. The first-order chi connectivity index (χ1) is 7.31. The number of amides is 2. The van der Waals surface area contributed by atoms with Crippen LogP contribution in [0.15, 0.2) is 0 Å². The Hall–Kier alpha value is -0.770. The number of hydrogen-bond acceptors (Lipinski definition) is 2. The summed E-state index contributed by atoms with van der Waals surface area (Å²) >= 11 is 0. The first kappa shape index (κ1) is 10.7. The molecule has 0 bridgehead atoms. The summed E-state index contributed by atoms with van der Waals surface area (Å²) in [5, 5.41) is 6.34. The maximum absolute atomic E-state index is 12.0. The molecule has 2 amide bonds. The third-order valence-electron chi connectivity index (χ3n) is 3.49. The van der Waals surface area contributed by atoms with Gasteiger partial charge in [-0.3, -0.25) is 0 Å². The molecule has 1 heterocycles. The van der Waals surface area contributed by atoms with Crippen molar-refractivity contribution in [3.8, 4) is 0 Å². The van der Waals surface area contributed by atoms with Gasteiger partial charge in [0.05, 0.1) is 6.04 Å². The number of hydrogen-bond donors (Lipinski definition) is 2. The van der Waals surface area contributed by atoms with E-state index < -0.39 is 0 Å². The van der Waals surface area contributed by atoms with Crippen LogP contribution in [0.1, 0.15) is 32.6 Å². The molecule has 15 heavy (non-hydrogen) atoms. The number of carbonyl (C=O) groups excluding carboxylic acids is 1. The van der Waals surface area contributed by atoms with Gasteiger partial charge < -0.3 is 15.5 Å². The van der Waals surface area contributed by atoms with Crippen LogP contribution in [0, 0.1) is 0 Å². The van der Waals surface area contributed by atoms with Crippen molar-refractivity contribution in [3.05, 3.63) is 0 Å². The van der Waals surface area contributed by atoms with Gasteiger partial charge in [-0.05, 0) is 19.8 Å². The van der Waals surface area contributed by atoms with Gasteiger partial charge in [-0.25, -0.2) is 4.79 Å². The molecule has 2 fully saturated rings. The van der Waals surface area contributed by atoms with E-state index in [9.17, 15) is 4.79 Å². The van der Waals surface area contributed by atoms with Crippen molar-refractivity contribution in [3.63, 3.8) is 0 Å². The van der Waals surface area contributed by atoms with Crippen LogP contribution in [0.2, 0.25) is 0 Å². The van der Waals surface area contributed by atoms with Crippen molar-refractivity contribution in [1.29, 1.82) is 0 Å². The van der Waals surface area contributed by atoms with Crippen LogP contribution in [-0.4, -0.2) is 42.6 Å². The monoisotopic (exact) mass is 211 g/mol. The average Bonchev–Trinajstić information content (AvgIpc) is 2.63. The summed E-state index contributed by atoms with van der Waals surface area (Å²) in [5.74, 6) is 0. The molecule has 1 saturated heterocycles. The molecule has 0 aromatic carbocycles. The fourth-order valence-electron chi connectivity index (χ4n) is 2.39. The molecule has 2 N–H and O–H groups in total. The van der Waals surface area contributed by atoms with Gasteiger partial charge in [0.15, 0.2) is 0 Å². The second-order valence-corrected chi connectivity index (χ2v) is 4.53. The van der Waals surface area contributed by atoms with Crippen LogP contribution in [0.4, 0.5) is 4.79 Å². The topological polar surface area (TPSA) is 44.4 Å². The number of urea groups is 1. The number of likely N-dealkylation sites (N-methyl/N-ethyl adjacent to an activating group) is 1. The fraction of sp³-hybridized carbons (Fsp3) is 0.909. The summed E-state index contributed by atoms with van der Waals surface area (Å²) in [6, 6.07) is 0.979. The van der Waals surface area contributed by atoms with Gasteiger partial charge in [0.1, 0.15) is 0 Å². The Morgan fingerprint density at radius 2 is 2.07 bits per heavy atom. The second kappa shape index (κ2) is 4.84. The van der Waals surface area contributed by atoms with E-state index in [0.717, 1.165) is 32.5 Å². The van der Waals surface area contributed by atoms with Crippen LogP contribution in [0.25, 0.3) is 0 Å². The van der Waals surface area contributed by atoms with Crippen molar-refractivity contribution in [2.45, 2.75) is 44.7 Å². The highest BCUT2D eigenvalue weighted by atomic mass is 16.2. The van der Waals surface area contributed by atoms with Crippen molar-refractivity contribution < 1.29 is 4.79 Å². The largest absolute Gasteiger partial charge is 0.335 e.